The Morgan fingerprint density at radius 1 is 1.32 bits per heavy atom. The van der Waals surface area contributed by atoms with Crippen LogP contribution in [0, 0.1) is 0 Å². The minimum Gasteiger partial charge on any atom is -0.353 e. The second-order valence-corrected chi connectivity index (χ2v) is 6.01. The number of hydrogen-bond acceptors (Lipinski definition) is 5. The third-order valence-electron chi connectivity index (χ3n) is 3.22. The van der Waals surface area contributed by atoms with E-state index in [2.05, 4.69) is 44.0 Å². The van der Waals surface area contributed by atoms with Crippen LogP contribution < -0.4 is 10.2 Å². The highest BCUT2D eigenvalue weighted by atomic mass is 32.1. The van der Waals surface area contributed by atoms with Gasteiger partial charge >= 0.3 is 0 Å². The molecule has 2 heterocycles. The van der Waals surface area contributed by atoms with E-state index >= 15 is 0 Å². The van der Waals surface area contributed by atoms with Gasteiger partial charge in [-0.25, -0.2) is 0 Å². The molecule has 4 nitrogen and oxygen atoms in total. The van der Waals surface area contributed by atoms with E-state index in [0.717, 1.165) is 24.6 Å². The monoisotopic (exact) mass is 274 g/mol. The molecule has 0 radical (unpaired) electrons. The Bertz CT molecular complexity index is 505. The van der Waals surface area contributed by atoms with Gasteiger partial charge in [-0.2, -0.15) is 5.10 Å². The second-order valence-electron chi connectivity index (χ2n) is 4.97. The van der Waals surface area contributed by atoms with Gasteiger partial charge < -0.3 is 10.2 Å². The molecule has 1 fully saturated rings. The summed E-state index contributed by atoms with van der Waals surface area (Å²) in [4.78, 5) is 3.46. The fraction of sp³-hybridized carbons (Fsp3) is 0.429. The lowest BCUT2D eigenvalue weighted by Gasteiger charge is -2.16. The van der Waals surface area contributed by atoms with Crippen LogP contribution >= 0.6 is 11.3 Å². The number of rotatable bonds is 6. The van der Waals surface area contributed by atoms with Crippen molar-refractivity contribution in [2.75, 3.05) is 11.9 Å². The first-order valence-electron chi connectivity index (χ1n) is 6.61. The Hall–Kier alpha value is -1.46. The molecule has 0 bridgehead atoms. The van der Waals surface area contributed by atoms with Crippen LogP contribution in [0.15, 0.2) is 29.6 Å². The molecule has 1 N–H and O–H groups in total. The van der Waals surface area contributed by atoms with Crippen molar-refractivity contribution in [1.29, 1.82) is 0 Å². The first-order valence-corrected chi connectivity index (χ1v) is 7.49. The number of hydrogen-bond donors (Lipinski definition) is 1. The highest BCUT2D eigenvalue weighted by Crippen LogP contribution is 2.19. The lowest BCUT2D eigenvalue weighted by molar-refractivity contribution is 0.664. The average molecular weight is 274 g/mol. The molecule has 2 aromatic rings. The van der Waals surface area contributed by atoms with Gasteiger partial charge in [-0.1, -0.05) is 6.07 Å². The predicted molar refractivity (Wildman–Crippen MR) is 78.3 cm³/mol. The van der Waals surface area contributed by atoms with Crippen LogP contribution in [0.25, 0.3) is 0 Å². The summed E-state index contributed by atoms with van der Waals surface area (Å²) in [5.74, 6) is 0.920. The van der Waals surface area contributed by atoms with E-state index in [9.17, 15) is 0 Å². The lowest BCUT2D eigenvalue weighted by Crippen LogP contribution is -2.19. The maximum Gasteiger partial charge on any atom is 0.151 e. The second kappa shape index (κ2) is 5.67. The summed E-state index contributed by atoms with van der Waals surface area (Å²) in [6.07, 6.45) is 2.60. The zero-order valence-electron chi connectivity index (χ0n) is 11.0. The summed E-state index contributed by atoms with van der Waals surface area (Å²) >= 11 is 1.77. The molecule has 0 amide bonds. The SMILES string of the molecule is CN(Cc1cccs1)c1ccc(CNC2CC2)nn1. The molecule has 0 atom stereocenters. The van der Waals surface area contributed by atoms with E-state index < -0.39 is 0 Å². The first-order chi connectivity index (χ1) is 9.31. The van der Waals surface area contributed by atoms with E-state index in [4.69, 9.17) is 0 Å². The standard InChI is InChI=1S/C14H18N4S/c1-18(10-13-3-2-8-19-13)14-7-6-12(16-17-14)9-15-11-4-5-11/h2-3,6-8,11,15H,4-5,9-10H2,1H3. The molecule has 3 rings (SSSR count). The highest BCUT2D eigenvalue weighted by Gasteiger charge is 2.20. The third-order valence-corrected chi connectivity index (χ3v) is 4.08. The highest BCUT2D eigenvalue weighted by molar-refractivity contribution is 7.09. The van der Waals surface area contributed by atoms with E-state index in [1.54, 1.807) is 11.3 Å². The largest absolute Gasteiger partial charge is 0.353 e. The molecule has 0 spiro atoms. The molecule has 0 aromatic carbocycles. The average Bonchev–Trinajstić information content (AvgIpc) is 3.13. The Balaban J connectivity index is 1.57. The minimum atomic E-state index is 0.711. The molecule has 1 aliphatic carbocycles. The Morgan fingerprint density at radius 2 is 2.21 bits per heavy atom. The van der Waals surface area contributed by atoms with Gasteiger partial charge in [0.25, 0.3) is 0 Å². The first kappa shape index (κ1) is 12.6. The van der Waals surface area contributed by atoms with Crippen LogP contribution in [0.3, 0.4) is 0 Å². The molecule has 1 aliphatic rings. The van der Waals surface area contributed by atoms with Crippen LogP contribution in [0.1, 0.15) is 23.4 Å². The van der Waals surface area contributed by atoms with E-state index in [-0.39, 0.29) is 0 Å². The van der Waals surface area contributed by atoms with Crippen molar-refractivity contribution in [3.05, 3.63) is 40.2 Å². The molecule has 19 heavy (non-hydrogen) atoms. The minimum absolute atomic E-state index is 0.711. The molecular formula is C14H18N4S. The molecule has 2 aromatic heterocycles. The fourth-order valence-corrected chi connectivity index (χ4v) is 2.66. The van der Waals surface area contributed by atoms with Crippen LogP contribution in [0.4, 0.5) is 5.82 Å². The van der Waals surface area contributed by atoms with Crippen molar-refractivity contribution in [3.63, 3.8) is 0 Å². The van der Waals surface area contributed by atoms with Crippen LogP contribution in [0.5, 0.6) is 0 Å². The van der Waals surface area contributed by atoms with Gasteiger partial charge in [-0.05, 0) is 36.4 Å². The number of nitrogens with zero attached hydrogens (tertiary/aromatic N) is 3. The van der Waals surface area contributed by atoms with Crippen LogP contribution in [-0.2, 0) is 13.1 Å². The summed E-state index contributed by atoms with van der Waals surface area (Å²) in [5, 5.41) is 14.1. The number of thiophene rings is 1. The van der Waals surface area contributed by atoms with Gasteiger partial charge in [0.15, 0.2) is 5.82 Å². The summed E-state index contributed by atoms with van der Waals surface area (Å²) in [5.41, 5.74) is 1.01. The van der Waals surface area contributed by atoms with E-state index in [1.807, 2.05) is 13.1 Å². The summed E-state index contributed by atoms with van der Waals surface area (Å²) in [7, 11) is 2.05. The van der Waals surface area contributed by atoms with Gasteiger partial charge in [-0.3, -0.25) is 0 Å². The maximum absolute atomic E-state index is 4.30. The smallest absolute Gasteiger partial charge is 0.151 e. The summed E-state index contributed by atoms with van der Waals surface area (Å²) < 4.78 is 0. The Labute approximate surface area is 117 Å². The predicted octanol–water partition coefficient (Wildman–Crippen LogP) is 2.43. The molecule has 0 aliphatic heterocycles. The van der Waals surface area contributed by atoms with Gasteiger partial charge in [0.2, 0.25) is 0 Å². The van der Waals surface area contributed by atoms with E-state index in [0.29, 0.717) is 6.04 Å². The number of aromatic nitrogens is 2. The van der Waals surface area contributed by atoms with Crippen molar-refractivity contribution >= 4 is 17.2 Å². The molecule has 0 unspecified atom stereocenters. The zero-order valence-corrected chi connectivity index (χ0v) is 11.9. The maximum atomic E-state index is 4.30. The molecule has 5 heteroatoms. The topological polar surface area (TPSA) is 41.0 Å². The van der Waals surface area contributed by atoms with Gasteiger partial charge in [0.1, 0.15) is 0 Å². The van der Waals surface area contributed by atoms with Crippen molar-refractivity contribution in [1.82, 2.24) is 15.5 Å². The van der Waals surface area contributed by atoms with Crippen molar-refractivity contribution < 1.29 is 0 Å². The Morgan fingerprint density at radius 3 is 2.84 bits per heavy atom. The Kier molecular flexibility index (Phi) is 3.75. The molecular weight excluding hydrogens is 256 g/mol. The van der Waals surface area contributed by atoms with Crippen molar-refractivity contribution in [2.24, 2.45) is 0 Å². The van der Waals surface area contributed by atoms with Crippen molar-refractivity contribution in [3.8, 4) is 0 Å². The number of nitrogens with one attached hydrogen (secondary N) is 1. The molecule has 100 valence electrons. The van der Waals surface area contributed by atoms with Crippen molar-refractivity contribution in [2.45, 2.75) is 32.0 Å². The quantitative estimate of drug-likeness (QED) is 0.878. The van der Waals surface area contributed by atoms with Crippen LogP contribution in [0.2, 0.25) is 0 Å². The fourth-order valence-electron chi connectivity index (χ4n) is 1.90. The van der Waals surface area contributed by atoms with Crippen LogP contribution in [-0.4, -0.2) is 23.3 Å². The molecule has 1 saturated carbocycles. The van der Waals surface area contributed by atoms with Gasteiger partial charge in [-0.15, -0.1) is 16.4 Å². The zero-order chi connectivity index (χ0) is 13.1. The lowest BCUT2D eigenvalue weighted by atomic mass is 10.3. The summed E-state index contributed by atoms with van der Waals surface area (Å²) in [6.45, 7) is 1.71. The van der Waals surface area contributed by atoms with Gasteiger partial charge in [0, 0.05) is 24.5 Å². The van der Waals surface area contributed by atoms with Gasteiger partial charge in [0.05, 0.1) is 12.2 Å². The molecule has 0 saturated heterocycles. The summed E-state index contributed by atoms with van der Waals surface area (Å²) in [6, 6.07) is 9.03. The normalized spacial score (nSPS) is 14.6. The number of anilines is 1. The third kappa shape index (κ3) is 3.52. The van der Waals surface area contributed by atoms with E-state index in [1.165, 1.54) is 17.7 Å².